The van der Waals surface area contributed by atoms with Crippen LogP contribution in [0.5, 0.6) is 5.75 Å². The molecule has 0 bridgehead atoms. The topological polar surface area (TPSA) is 78.9 Å². The van der Waals surface area contributed by atoms with E-state index in [0.29, 0.717) is 27.6 Å². The molecule has 0 aliphatic heterocycles. The van der Waals surface area contributed by atoms with Gasteiger partial charge in [0.05, 0.1) is 19.6 Å². The third-order valence-electron chi connectivity index (χ3n) is 5.60. The van der Waals surface area contributed by atoms with Crippen LogP contribution in [-0.4, -0.2) is 36.8 Å². The van der Waals surface area contributed by atoms with Crippen LogP contribution in [0.15, 0.2) is 30.3 Å². The van der Waals surface area contributed by atoms with E-state index in [1.807, 2.05) is 6.07 Å². The molecule has 1 unspecified atom stereocenters. The molecule has 2 aromatic rings. The molecule has 1 aliphatic rings. The molecule has 178 valence electrons. The molecular weight excluding hydrogens is 487 g/mol. The van der Waals surface area contributed by atoms with E-state index in [9.17, 15) is 14.4 Å². The summed E-state index contributed by atoms with van der Waals surface area (Å²) in [6.07, 6.45) is 2.77. The van der Waals surface area contributed by atoms with Gasteiger partial charge in [0.2, 0.25) is 0 Å². The van der Waals surface area contributed by atoms with Crippen molar-refractivity contribution in [2.75, 3.05) is 13.7 Å². The molecule has 1 aromatic carbocycles. The van der Waals surface area contributed by atoms with Crippen molar-refractivity contribution in [3.8, 4) is 5.75 Å². The number of esters is 2. The first kappa shape index (κ1) is 25.5. The van der Waals surface area contributed by atoms with Gasteiger partial charge in [-0.25, -0.2) is 4.79 Å². The SMILES string of the molecule is COC(=O)c1ccc(CCCC2[C@H](Cl)CC(=O)[C@@H]2COc2cc(Cl)cc(COC(C)=O)c2)s1. The molecule has 0 amide bonds. The summed E-state index contributed by atoms with van der Waals surface area (Å²) < 4.78 is 15.7. The fourth-order valence-electron chi connectivity index (χ4n) is 3.98. The second kappa shape index (κ2) is 11.9. The van der Waals surface area contributed by atoms with E-state index in [4.69, 9.17) is 37.4 Å². The van der Waals surface area contributed by atoms with E-state index in [2.05, 4.69) is 0 Å². The Bertz CT molecular complexity index is 1000. The van der Waals surface area contributed by atoms with Crippen LogP contribution in [0.2, 0.25) is 5.02 Å². The minimum atomic E-state index is -0.380. The van der Waals surface area contributed by atoms with Crippen molar-refractivity contribution in [1.82, 2.24) is 0 Å². The van der Waals surface area contributed by atoms with Crippen molar-refractivity contribution in [2.24, 2.45) is 11.8 Å². The normalized spacial score (nSPS) is 20.0. The zero-order valence-corrected chi connectivity index (χ0v) is 20.8. The molecule has 0 saturated heterocycles. The second-order valence-corrected chi connectivity index (χ2v) is 10.2. The third kappa shape index (κ3) is 7.19. The number of carbonyl (C=O) groups excluding carboxylic acids is 3. The minimum Gasteiger partial charge on any atom is -0.493 e. The number of thiophene rings is 1. The maximum Gasteiger partial charge on any atom is 0.348 e. The summed E-state index contributed by atoms with van der Waals surface area (Å²) in [5.41, 5.74) is 0.708. The highest BCUT2D eigenvalue weighted by Crippen LogP contribution is 2.37. The van der Waals surface area contributed by atoms with Gasteiger partial charge in [-0.1, -0.05) is 11.6 Å². The van der Waals surface area contributed by atoms with Crippen molar-refractivity contribution in [1.29, 1.82) is 0 Å². The number of methoxy groups -OCH3 is 1. The predicted molar refractivity (Wildman–Crippen MR) is 127 cm³/mol. The van der Waals surface area contributed by atoms with E-state index < -0.39 is 0 Å². The molecular formula is C24H26Cl2O6S. The molecule has 9 heteroatoms. The van der Waals surface area contributed by atoms with Crippen molar-refractivity contribution in [3.63, 3.8) is 0 Å². The number of hydrogen-bond acceptors (Lipinski definition) is 7. The van der Waals surface area contributed by atoms with Gasteiger partial charge in [-0.05, 0) is 61.1 Å². The zero-order valence-electron chi connectivity index (χ0n) is 18.5. The van der Waals surface area contributed by atoms with E-state index in [1.54, 1.807) is 24.3 Å². The Morgan fingerprint density at radius 2 is 2.00 bits per heavy atom. The number of ketones is 1. The van der Waals surface area contributed by atoms with E-state index in [0.717, 1.165) is 24.1 Å². The molecule has 1 saturated carbocycles. The quantitative estimate of drug-likeness (QED) is 0.310. The maximum atomic E-state index is 12.6. The summed E-state index contributed by atoms with van der Waals surface area (Å²) in [5.74, 6) is -0.373. The molecule has 3 rings (SSSR count). The average molecular weight is 513 g/mol. The van der Waals surface area contributed by atoms with Gasteiger partial charge in [0, 0.05) is 28.6 Å². The number of alkyl halides is 1. The van der Waals surface area contributed by atoms with Crippen LogP contribution in [0.1, 0.15) is 46.3 Å². The van der Waals surface area contributed by atoms with Gasteiger partial charge in [0.25, 0.3) is 0 Å². The van der Waals surface area contributed by atoms with E-state index in [1.165, 1.54) is 25.4 Å². The predicted octanol–water partition coefficient (Wildman–Crippen LogP) is 5.47. The highest BCUT2D eigenvalue weighted by Gasteiger charge is 2.41. The standard InChI is InChI=1S/C24H26Cl2O6S/c1-14(27)31-12-15-8-16(25)10-17(9-15)32-13-20-19(21(26)11-22(20)28)5-3-4-18-6-7-23(33-18)24(29)30-2/h6-10,19-21H,3-5,11-13H2,1-2H3/t19?,20-,21-/m1/s1. The zero-order chi connectivity index (χ0) is 24.0. The lowest BCUT2D eigenvalue weighted by Gasteiger charge is -2.21. The van der Waals surface area contributed by atoms with E-state index >= 15 is 0 Å². The number of aryl methyl sites for hydroxylation is 1. The Morgan fingerprint density at radius 1 is 1.21 bits per heavy atom. The van der Waals surface area contributed by atoms with Crippen molar-refractivity contribution in [3.05, 3.63) is 50.7 Å². The van der Waals surface area contributed by atoms with Crippen molar-refractivity contribution >= 4 is 52.3 Å². The van der Waals surface area contributed by atoms with Crippen LogP contribution >= 0.6 is 34.5 Å². The number of hydrogen-bond donors (Lipinski definition) is 0. The second-order valence-electron chi connectivity index (χ2n) is 7.99. The lowest BCUT2D eigenvalue weighted by atomic mass is 9.91. The molecule has 0 N–H and O–H groups in total. The van der Waals surface area contributed by atoms with Gasteiger partial charge in [0.15, 0.2) is 0 Å². The summed E-state index contributed by atoms with van der Waals surface area (Å²) in [4.78, 5) is 36.9. The van der Waals surface area contributed by atoms with Gasteiger partial charge >= 0.3 is 11.9 Å². The van der Waals surface area contributed by atoms with Crippen molar-refractivity contribution < 1.29 is 28.6 Å². The Morgan fingerprint density at radius 3 is 2.73 bits per heavy atom. The number of halogens is 2. The number of ether oxygens (including phenoxy) is 3. The molecule has 3 atom stereocenters. The number of Topliss-reactive ketones (excluding diaryl/α,β-unsaturated/α-hetero) is 1. The number of carbonyl (C=O) groups is 3. The monoisotopic (exact) mass is 512 g/mol. The molecule has 0 radical (unpaired) electrons. The first-order chi connectivity index (χ1) is 15.8. The van der Waals surface area contributed by atoms with Crippen molar-refractivity contribution in [2.45, 2.75) is 44.6 Å². The molecule has 1 aromatic heterocycles. The van der Waals surface area contributed by atoms with Crippen LogP contribution in [0.3, 0.4) is 0 Å². The molecule has 1 aliphatic carbocycles. The Hall–Kier alpha value is -2.09. The number of benzene rings is 1. The smallest absolute Gasteiger partial charge is 0.348 e. The van der Waals surface area contributed by atoms with E-state index in [-0.39, 0.29) is 48.1 Å². The summed E-state index contributed by atoms with van der Waals surface area (Å²) in [6, 6.07) is 8.82. The molecule has 1 fully saturated rings. The van der Waals surface area contributed by atoms with Gasteiger partial charge in [-0.15, -0.1) is 22.9 Å². The number of rotatable bonds is 10. The first-order valence-electron chi connectivity index (χ1n) is 10.7. The summed E-state index contributed by atoms with van der Waals surface area (Å²) in [5, 5.41) is 0.236. The van der Waals surface area contributed by atoms with Crippen LogP contribution < -0.4 is 4.74 Å². The fraction of sp³-hybridized carbons (Fsp3) is 0.458. The highest BCUT2D eigenvalue weighted by molar-refractivity contribution is 7.13. The summed E-state index contributed by atoms with van der Waals surface area (Å²) >= 11 is 14.1. The summed E-state index contributed by atoms with van der Waals surface area (Å²) in [6.45, 7) is 1.65. The Kier molecular flexibility index (Phi) is 9.18. The average Bonchev–Trinajstić information content (AvgIpc) is 3.34. The largest absolute Gasteiger partial charge is 0.493 e. The van der Waals surface area contributed by atoms with Gasteiger partial charge in [-0.2, -0.15) is 0 Å². The van der Waals surface area contributed by atoms with Crippen LogP contribution in [0.4, 0.5) is 0 Å². The van der Waals surface area contributed by atoms with Gasteiger partial charge in [0.1, 0.15) is 23.0 Å². The highest BCUT2D eigenvalue weighted by atomic mass is 35.5. The maximum absolute atomic E-state index is 12.6. The summed E-state index contributed by atoms with van der Waals surface area (Å²) in [7, 11) is 1.37. The van der Waals surface area contributed by atoms with Gasteiger partial charge < -0.3 is 14.2 Å². The van der Waals surface area contributed by atoms with Crippen LogP contribution in [-0.2, 0) is 32.1 Å². The Balaban J connectivity index is 1.56. The Labute approximate surface area is 207 Å². The third-order valence-corrected chi connectivity index (χ3v) is 7.42. The lowest BCUT2D eigenvalue weighted by Crippen LogP contribution is -2.25. The minimum absolute atomic E-state index is 0.0129. The molecule has 0 spiro atoms. The first-order valence-corrected chi connectivity index (χ1v) is 12.3. The molecule has 1 heterocycles. The molecule has 6 nitrogen and oxygen atoms in total. The lowest BCUT2D eigenvalue weighted by molar-refractivity contribution is -0.142. The van der Waals surface area contributed by atoms with Crippen LogP contribution in [0, 0.1) is 11.8 Å². The molecule has 33 heavy (non-hydrogen) atoms. The fourth-order valence-corrected chi connectivity index (χ4v) is 5.65. The van der Waals surface area contributed by atoms with Crippen LogP contribution in [0.25, 0.3) is 0 Å². The van der Waals surface area contributed by atoms with Gasteiger partial charge in [-0.3, -0.25) is 9.59 Å².